The van der Waals surface area contributed by atoms with Crippen molar-refractivity contribution in [2.45, 2.75) is 57.4 Å². The highest BCUT2D eigenvalue weighted by Gasteiger charge is 2.32. The molecule has 3 heterocycles. The highest BCUT2D eigenvalue weighted by Crippen LogP contribution is 2.34. The number of benzene rings is 1. The molecular formula is C24H29N5O5S. The number of piperidine rings is 1. The summed E-state index contributed by atoms with van der Waals surface area (Å²) in [6.07, 6.45) is 8.36. The maximum absolute atomic E-state index is 13.1. The zero-order valence-electron chi connectivity index (χ0n) is 19.5. The van der Waals surface area contributed by atoms with E-state index in [1.54, 1.807) is 23.1 Å². The Morgan fingerprint density at radius 3 is 2.54 bits per heavy atom. The number of ether oxygens (including phenoxy) is 2. The number of carbonyl (C=O) groups excluding carboxylic acids is 3. The van der Waals surface area contributed by atoms with Crippen LogP contribution >= 0.6 is 11.3 Å². The number of carbonyl (C=O) groups is 3. The van der Waals surface area contributed by atoms with Crippen LogP contribution in [0.5, 0.6) is 11.5 Å². The molecule has 3 amide bonds. The number of nitrogens with zero attached hydrogens (tertiary/aromatic N) is 3. The van der Waals surface area contributed by atoms with E-state index in [4.69, 9.17) is 9.47 Å². The number of rotatable bonds is 5. The van der Waals surface area contributed by atoms with Crippen molar-refractivity contribution in [3.63, 3.8) is 0 Å². The van der Waals surface area contributed by atoms with E-state index in [0.29, 0.717) is 30.3 Å². The van der Waals surface area contributed by atoms with Crippen LogP contribution in [0, 0.1) is 5.92 Å². The summed E-state index contributed by atoms with van der Waals surface area (Å²) in [5.41, 5.74) is 0.529. The lowest BCUT2D eigenvalue weighted by Gasteiger charge is -2.32. The van der Waals surface area contributed by atoms with Crippen molar-refractivity contribution in [2.24, 2.45) is 5.92 Å². The van der Waals surface area contributed by atoms with Gasteiger partial charge in [-0.05, 0) is 37.8 Å². The number of hydrogen-bond acceptors (Lipinski definition) is 8. The third-order valence-corrected chi connectivity index (χ3v) is 7.62. The van der Waals surface area contributed by atoms with Crippen LogP contribution in [0.1, 0.15) is 71.0 Å². The predicted molar refractivity (Wildman–Crippen MR) is 129 cm³/mol. The van der Waals surface area contributed by atoms with Gasteiger partial charge in [-0.3, -0.25) is 14.4 Å². The van der Waals surface area contributed by atoms with E-state index in [9.17, 15) is 14.4 Å². The molecule has 2 fully saturated rings. The summed E-state index contributed by atoms with van der Waals surface area (Å²) in [5.74, 6) is 0.234. The van der Waals surface area contributed by atoms with Crippen LogP contribution in [0.15, 0.2) is 18.2 Å². The summed E-state index contributed by atoms with van der Waals surface area (Å²) < 4.78 is 10.6. The average Bonchev–Trinajstić information content (AvgIpc) is 3.48. The predicted octanol–water partition coefficient (Wildman–Crippen LogP) is 3.21. The molecule has 1 atom stereocenters. The number of amides is 3. The standard InChI is InChI=1S/C24H29N5O5S/c30-20(25-16-7-3-1-2-4-8-16)15-6-5-11-29(13-15)24(32)23-28-27-22(35-23)21(31)26-17-9-10-18-19(12-17)34-14-33-18/h9-10,12,15-16H,1-8,11,13-14H2,(H,25,30)(H,26,31)/t15-/m0/s1. The molecule has 0 bridgehead atoms. The first kappa shape index (κ1) is 23.5. The monoisotopic (exact) mass is 499 g/mol. The molecule has 35 heavy (non-hydrogen) atoms. The summed E-state index contributed by atoms with van der Waals surface area (Å²) in [4.78, 5) is 40.2. The largest absolute Gasteiger partial charge is 0.454 e. The van der Waals surface area contributed by atoms with Crippen LogP contribution in [0.3, 0.4) is 0 Å². The first-order valence-corrected chi connectivity index (χ1v) is 13.0. The Kier molecular flexibility index (Phi) is 7.12. The molecule has 10 nitrogen and oxygen atoms in total. The molecule has 2 aliphatic heterocycles. The highest BCUT2D eigenvalue weighted by molar-refractivity contribution is 7.15. The maximum atomic E-state index is 13.1. The maximum Gasteiger partial charge on any atom is 0.286 e. The summed E-state index contributed by atoms with van der Waals surface area (Å²) in [7, 11) is 0. The van der Waals surface area contributed by atoms with E-state index in [1.807, 2.05) is 0 Å². The average molecular weight is 500 g/mol. The molecule has 2 N–H and O–H groups in total. The number of likely N-dealkylation sites (tertiary alicyclic amines) is 1. The second-order valence-electron chi connectivity index (χ2n) is 9.22. The van der Waals surface area contributed by atoms with Gasteiger partial charge in [-0.2, -0.15) is 0 Å². The zero-order valence-corrected chi connectivity index (χ0v) is 20.3. The minimum Gasteiger partial charge on any atom is -0.454 e. The van der Waals surface area contributed by atoms with Gasteiger partial charge in [0.15, 0.2) is 11.5 Å². The first-order valence-electron chi connectivity index (χ1n) is 12.2. The van der Waals surface area contributed by atoms with E-state index >= 15 is 0 Å². The summed E-state index contributed by atoms with van der Waals surface area (Å²) in [6, 6.07) is 5.32. The minimum atomic E-state index is -0.459. The van der Waals surface area contributed by atoms with Gasteiger partial charge in [0.05, 0.1) is 5.92 Å². The quantitative estimate of drug-likeness (QED) is 0.606. The van der Waals surface area contributed by atoms with Crippen LogP contribution in [0.25, 0.3) is 0 Å². The van der Waals surface area contributed by atoms with Crippen LogP contribution in [0.2, 0.25) is 0 Å². The third-order valence-electron chi connectivity index (χ3n) is 6.71. The van der Waals surface area contributed by atoms with E-state index in [-0.39, 0.29) is 40.6 Å². The Bertz CT molecular complexity index is 1100. The molecule has 0 spiro atoms. The molecule has 1 aromatic heterocycles. The van der Waals surface area contributed by atoms with Crippen LogP contribution in [-0.2, 0) is 4.79 Å². The van der Waals surface area contributed by atoms with E-state index in [1.165, 1.54) is 12.8 Å². The van der Waals surface area contributed by atoms with Crippen molar-refractivity contribution in [2.75, 3.05) is 25.2 Å². The molecule has 5 rings (SSSR count). The van der Waals surface area contributed by atoms with E-state index in [2.05, 4.69) is 20.8 Å². The van der Waals surface area contributed by atoms with Gasteiger partial charge in [-0.1, -0.05) is 37.0 Å². The molecule has 1 aliphatic carbocycles. The fourth-order valence-corrected chi connectivity index (χ4v) is 5.52. The Morgan fingerprint density at radius 2 is 1.71 bits per heavy atom. The summed E-state index contributed by atoms with van der Waals surface area (Å²) in [6.45, 7) is 1.06. The normalized spacial score (nSPS) is 20.2. The fraction of sp³-hybridized carbons (Fsp3) is 0.542. The van der Waals surface area contributed by atoms with Gasteiger partial charge in [-0.15, -0.1) is 10.2 Å². The molecule has 1 aromatic carbocycles. The van der Waals surface area contributed by atoms with Gasteiger partial charge in [0.1, 0.15) is 0 Å². The smallest absolute Gasteiger partial charge is 0.286 e. The SMILES string of the molecule is O=C(Nc1ccc2c(c1)OCO2)c1nnc(C(=O)N2CCC[C@H](C(=O)NC3CCCCCC3)C2)s1. The molecule has 0 unspecified atom stereocenters. The lowest BCUT2D eigenvalue weighted by molar-refractivity contribution is -0.127. The molecule has 11 heteroatoms. The lowest BCUT2D eigenvalue weighted by Crippen LogP contribution is -2.47. The Hall–Kier alpha value is -3.21. The molecular weight excluding hydrogens is 470 g/mol. The number of hydrogen-bond donors (Lipinski definition) is 2. The van der Waals surface area contributed by atoms with Crippen molar-refractivity contribution in [1.82, 2.24) is 20.4 Å². The fourth-order valence-electron chi connectivity index (χ4n) is 4.81. The van der Waals surface area contributed by atoms with Crippen LogP contribution < -0.4 is 20.1 Å². The van der Waals surface area contributed by atoms with Crippen molar-refractivity contribution >= 4 is 34.7 Å². The van der Waals surface area contributed by atoms with Crippen molar-refractivity contribution in [3.8, 4) is 11.5 Å². The van der Waals surface area contributed by atoms with Gasteiger partial charge in [0, 0.05) is 30.9 Å². The number of nitrogens with one attached hydrogen (secondary N) is 2. The molecule has 0 radical (unpaired) electrons. The van der Waals surface area contributed by atoms with Gasteiger partial charge < -0.3 is 25.0 Å². The van der Waals surface area contributed by atoms with Crippen molar-refractivity contribution in [1.29, 1.82) is 0 Å². The Labute approximate surface area is 207 Å². The molecule has 186 valence electrons. The summed E-state index contributed by atoms with van der Waals surface area (Å²) >= 11 is 0.946. The lowest BCUT2D eigenvalue weighted by atomic mass is 9.96. The van der Waals surface area contributed by atoms with Gasteiger partial charge in [0.25, 0.3) is 11.8 Å². The first-order chi connectivity index (χ1) is 17.1. The van der Waals surface area contributed by atoms with Crippen molar-refractivity contribution < 1.29 is 23.9 Å². The highest BCUT2D eigenvalue weighted by atomic mass is 32.1. The zero-order chi connectivity index (χ0) is 24.2. The Morgan fingerprint density at radius 1 is 0.943 bits per heavy atom. The number of anilines is 1. The topological polar surface area (TPSA) is 123 Å². The van der Waals surface area contributed by atoms with Crippen LogP contribution in [0.4, 0.5) is 5.69 Å². The Balaban J connectivity index is 1.17. The second-order valence-corrected chi connectivity index (χ2v) is 10.2. The second kappa shape index (κ2) is 10.6. The van der Waals surface area contributed by atoms with E-state index in [0.717, 1.165) is 49.9 Å². The molecule has 2 aromatic rings. The summed E-state index contributed by atoms with van der Waals surface area (Å²) in [5, 5.41) is 14.1. The van der Waals surface area contributed by atoms with Gasteiger partial charge in [-0.25, -0.2) is 0 Å². The van der Waals surface area contributed by atoms with Gasteiger partial charge >= 0.3 is 0 Å². The van der Waals surface area contributed by atoms with Crippen LogP contribution in [-0.4, -0.2) is 58.7 Å². The number of fused-ring (bicyclic) bond motifs is 1. The number of aromatic nitrogens is 2. The molecule has 3 aliphatic rings. The third kappa shape index (κ3) is 5.55. The molecule has 1 saturated carbocycles. The van der Waals surface area contributed by atoms with E-state index < -0.39 is 5.91 Å². The minimum absolute atomic E-state index is 0.0375. The van der Waals surface area contributed by atoms with Gasteiger partial charge in [0.2, 0.25) is 22.7 Å². The molecule has 1 saturated heterocycles. The van der Waals surface area contributed by atoms with Crippen molar-refractivity contribution in [3.05, 3.63) is 28.2 Å².